The molecule has 1 saturated carbocycles. The van der Waals surface area contributed by atoms with Gasteiger partial charge in [-0.15, -0.1) is 0 Å². The predicted molar refractivity (Wildman–Crippen MR) is 70.8 cm³/mol. The Labute approximate surface area is 113 Å². The minimum atomic E-state index is -0.999. The molecule has 0 aromatic rings. The Bertz CT molecular complexity index is 301. The smallest absolute Gasteiger partial charge is 0.326 e. The maximum Gasteiger partial charge on any atom is 0.326 e. The van der Waals surface area contributed by atoms with E-state index in [1.54, 1.807) is 0 Å². The van der Waals surface area contributed by atoms with Crippen molar-refractivity contribution >= 4 is 12.0 Å². The topological polar surface area (TPSA) is 98.7 Å². The number of hydrogen-bond acceptors (Lipinski definition) is 3. The van der Waals surface area contributed by atoms with E-state index in [1.165, 1.54) is 0 Å². The number of nitrogens with one attached hydrogen (secondary N) is 2. The minimum Gasteiger partial charge on any atom is -0.480 e. The Morgan fingerprint density at radius 1 is 1.26 bits per heavy atom. The fraction of sp³-hybridized carbons (Fsp3) is 0.846. The van der Waals surface area contributed by atoms with Crippen LogP contribution in [0, 0.1) is 5.92 Å². The van der Waals surface area contributed by atoms with Gasteiger partial charge in [0.1, 0.15) is 6.04 Å². The highest BCUT2D eigenvalue weighted by Gasteiger charge is 2.24. The van der Waals surface area contributed by atoms with Crippen molar-refractivity contribution < 1.29 is 19.8 Å². The number of urea groups is 1. The van der Waals surface area contributed by atoms with Crippen LogP contribution in [-0.4, -0.2) is 40.9 Å². The Balaban J connectivity index is 2.32. The fourth-order valence-electron chi connectivity index (χ4n) is 2.42. The van der Waals surface area contributed by atoms with Gasteiger partial charge >= 0.3 is 12.0 Å². The van der Waals surface area contributed by atoms with Gasteiger partial charge in [-0.05, 0) is 38.0 Å². The molecule has 19 heavy (non-hydrogen) atoms. The zero-order chi connectivity index (χ0) is 14.3. The van der Waals surface area contributed by atoms with Crippen LogP contribution in [0.5, 0.6) is 0 Å². The van der Waals surface area contributed by atoms with Gasteiger partial charge in [-0.25, -0.2) is 9.59 Å². The molecule has 0 heterocycles. The number of rotatable bonds is 6. The van der Waals surface area contributed by atoms with Gasteiger partial charge in [-0.1, -0.05) is 13.3 Å². The van der Waals surface area contributed by atoms with Crippen LogP contribution in [0.4, 0.5) is 4.79 Å². The number of carboxylic acids is 1. The second-order valence-corrected chi connectivity index (χ2v) is 5.20. The van der Waals surface area contributed by atoms with Crippen LogP contribution in [0.15, 0.2) is 0 Å². The molecule has 6 heteroatoms. The molecule has 0 aliphatic heterocycles. The summed E-state index contributed by atoms with van der Waals surface area (Å²) in [5.74, 6) is -0.658. The SMILES string of the molecule is CCCC(NC(=O)NC1CCC(CO)CC1)C(=O)O. The lowest BCUT2D eigenvalue weighted by molar-refractivity contribution is -0.139. The summed E-state index contributed by atoms with van der Waals surface area (Å²) in [6, 6.07) is -1.15. The van der Waals surface area contributed by atoms with Gasteiger partial charge in [0.15, 0.2) is 0 Å². The van der Waals surface area contributed by atoms with Crippen LogP contribution in [-0.2, 0) is 4.79 Å². The molecule has 0 saturated heterocycles. The molecule has 1 aliphatic carbocycles. The van der Waals surface area contributed by atoms with Gasteiger partial charge in [0.05, 0.1) is 0 Å². The first kappa shape index (κ1) is 15.8. The van der Waals surface area contributed by atoms with Crippen LogP contribution >= 0.6 is 0 Å². The second kappa shape index (κ2) is 7.99. The highest BCUT2D eigenvalue weighted by Crippen LogP contribution is 2.23. The van der Waals surface area contributed by atoms with Crippen molar-refractivity contribution in [2.24, 2.45) is 5.92 Å². The molecule has 1 fully saturated rings. The van der Waals surface area contributed by atoms with Crippen LogP contribution in [0.25, 0.3) is 0 Å². The Hall–Kier alpha value is -1.30. The van der Waals surface area contributed by atoms with Crippen LogP contribution < -0.4 is 10.6 Å². The molecule has 110 valence electrons. The molecule has 1 unspecified atom stereocenters. The first-order valence-electron chi connectivity index (χ1n) is 6.97. The number of aliphatic carboxylic acids is 1. The summed E-state index contributed by atoms with van der Waals surface area (Å²) < 4.78 is 0. The molecule has 1 rings (SSSR count). The number of carboxylic acid groups (broad SMARTS) is 1. The fourth-order valence-corrected chi connectivity index (χ4v) is 2.42. The first-order chi connectivity index (χ1) is 9.06. The predicted octanol–water partition coefficient (Wildman–Crippen LogP) is 1.09. The molecule has 4 N–H and O–H groups in total. The van der Waals surface area contributed by atoms with Crippen LogP contribution in [0.2, 0.25) is 0 Å². The summed E-state index contributed by atoms with van der Waals surface area (Å²) >= 11 is 0. The zero-order valence-electron chi connectivity index (χ0n) is 11.4. The summed E-state index contributed by atoms with van der Waals surface area (Å²) in [5.41, 5.74) is 0. The molecule has 1 aliphatic rings. The Morgan fingerprint density at radius 3 is 2.37 bits per heavy atom. The monoisotopic (exact) mass is 272 g/mol. The molecule has 0 radical (unpaired) electrons. The zero-order valence-corrected chi connectivity index (χ0v) is 11.4. The Kier molecular flexibility index (Phi) is 6.62. The third-order valence-electron chi connectivity index (χ3n) is 3.62. The summed E-state index contributed by atoms with van der Waals surface area (Å²) in [6.07, 6.45) is 4.62. The molecule has 0 aromatic carbocycles. The van der Waals surface area contributed by atoms with Crippen LogP contribution in [0.3, 0.4) is 0 Å². The number of carbonyl (C=O) groups excluding carboxylic acids is 1. The molecule has 0 aromatic heterocycles. The van der Waals surface area contributed by atoms with Gasteiger partial charge < -0.3 is 20.8 Å². The maximum atomic E-state index is 11.7. The molecule has 0 bridgehead atoms. The third kappa shape index (κ3) is 5.46. The van der Waals surface area contributed by atoms with Crippen molar-refractivity contribution in [3.8, 4) is 0 Å². The number of amides is 2. The van der Waals surface area contributed by atoms with Crippen molar-refractivity contribution in [3.63, 3.8) is 0 Å². The molecule has 1 atom stereocenters. The minimum absolute atomic E-state index is 0.0823. The van der Waals surface area contributed by atoms with E-state index in [0.717, 1.165) is 25.7 Å². The van der Waals surface area contributed by atoms with Crippen molar-refractivity contribution in [3.05, 3.63) is 0 Å². The van der Waals surface area contributed by atoms with E-state index in [-0.39, 0.29) is 12.6 Å². The van der Waals surface area contributed by atoms with Gasteiger partial charge in [-0.3, -0.25) is 0 Å². The normalized spacial score (nSPS) is 24.5. The van der Waals surface area contributed by atoms with Gasteiger partial charge in [0, 0.05) is 12.6 Å². The lowest BCUT2D eigenvalue weighted by atomic mass is 9.87. The summed E-state index contributed by atoms with van der Waals surface area (Å²) in [5, 5.41) is 23.3. The van der Waals surface area contributed by atoms with Crippen molar-refractivity contribution in [2.45, 2.75) is 57.5 Å². The average Bonchev–Trinajstić information content (AvgIpc) is 2.39. The van der Waals surface area contributed by atoms with Gasteiger partial charge in [0.25, 0.3) is 0 Å². The summed E-state index contributed by atoms with van der Waals surface area (Å²) in [6.45, 7) is 2.09. The molecule has 0 spiro atoms. The molecule has 6 nitrogen and oxygen atoms in total. The van der Waals surface area contributed by atoms with E-state index in [0.29, 0.717) is 18.8 Å². The van der Waals surface area contributed by atoms with E-state index in [1.807, 2.05) is 6.92 Å². The van der Waals surface area contributed by atoms with E-state index < -0.39 is 18.0 Å². The van der Waals surface area contributed by atoms with Gasteiger partial charge in [0.2, 0.25) is 0 Å². The van der Waals surface area contributed by atoms with Crippen molar-refractivity contribution in [2.75, 3.05) is 6.61 Å². The summed E-state index contributed by atoms with van der Waals surface area (Å²) in [7, 11) is 0. The van der Waals surface area contributed by atoms with E-state index in [4.69, 9.17) is 10.2 Å². The number of hydrogen-bond donors (Lipinski definition) is 4. The third-order valence-corrected chi connectivity index (χ3v) is 3.62. The molecule has 2 amide bonds. The first-order valence-corrected chi connectivity index (χ1v) is 6.97. The molecular formula is C13H24N2O4. The van der Waals surface area contributed by atoms with E-state index in [9.17, 15) is 9.59 Å². The van der Waals surface area contributed by atoms with E-state index in [2.05, 4.69) is 10.6 Å². The quantitative estimate of drug-likeness (QED) is 0.581. The highest BCUT2D eigenvalue weighted by molar-refractivity contribution is 5.82. The maximum absolute atomic E-state index is 11.7. The Morgan fingerprint density at radius 2 is 1.89 bits per heavy atom. The number of aliphatic hydroxyl groups is 1. The van der Waals surface area contributed by atoms with Crippen molar-refractivity contribution in [1.82, 2.24) is 10.6 Å². The highest BCUT2D eigenvalue weighted by atomic mass is 16.4. The number of aliphatic hydroxyl groups excluding tert-OH is 1. The average molecular weight is 272 g/mol. The summed E-state index contributed by atoms with van der Waals surface area (Å²) in [4.78, 5) is 22.6. The lowest BCUT2D eigenvalue weighted by Gasteiger charge is -2.28. The second-order valence-electron chi connectivity index (χ2n) is 5.20. The number of carbonyl (C=O) groups is 2. The standard InChI is InChI=1S/C13H24N2O4/c1-2-3-11(12(17)18)15-13(19)14-10-6-4-9(8-16)5-7-10/h9-11,16H,2-8H2,1H3,(H,17,18)(H2,14,15,19). The largest absolute Gasteiger partial charge is 0.480 e. The molecular weight excluding hydrogens is 248 g/mol. The van der Waals surface area contributed by atoms with E-state index >= 15 is 0 Å². The van der Waals surface area contributed by atoms with Gasteiger partial charge in [-0.2, -0.15) is 0 Å². The van der Waals surface area contributed by atoms with Crippen LogP contribution in [0.1, 0.15) is 45.4 Å². The van der Waals surface area contributed by atoms with Crippen molar-refractivity contribution in [1.29, 1.82) is 0 Å². The lowest BCUT2D eigenvalue weighted by Crippen LogP contribution is -2.49.